The van der Waals surface area contributed by atoms with Crippen molar-refractivity contribution in [3.05, 3.63) is 334 Å². The Kier molecular flexibility index (Phi) is 44.5. The lowest BCUT2D eigenvalue weighted by molar-refractivity contribution is 0.449. The van der Waals surface area contributed by atoms with Crippen LogP contribution >= 0.6 is 0 Å². The molecule has 2 atom stereocenters. The SMILES string of the molecule is CCCCCC(CC)S(=O)(=O)C(C)CC.Cc1cc(C)c(S(=O)(=O)c2c(C)cc(C)cc2C)c(C)c1.Cc1cc(C)c(S(C)(=O)=O)c(C)c1.Cc1cc(S(=O)(=O)c2cc(C)c(C)c(C)c2)cc(C)c1C.Cc1ccc(S(=O)(=O)c2c(C)cc(C)cc2C)cc1.Cc1ccc(S(=O)(=O)c2ccc(C)cc2)cc1.O=S(=O)(C1CCCCC1)C1CCCCC1.O=S(=O)(Cc1ccccc1)Cc1ccccc1. The van der Waals surface area contributed by atoms with E-state index < -0.39 is 78.7 Å². The second kappa shape index (κ2) is 52.1. The van der Waals surface area contributed by atoms with Gasteiger partial charge in [-0.2, -0.15) is 0 Å². The first-order valence-corrected chi connectivity index (χ1v) is 60.8. The van der Waals surface area contributed by atoms with Crippen molar-refractivity contribution in [1.82, 2.24) is 0 Å². The summed E-state index contributed by atoms with van der Waals surface area (Å²) in [6, 6.07) is 61.7. The third-order valence-electron chi connectivity index (χ3n) is 25.7. The van der Waals surface area contributed by atoms with Gasteiger partial charge in [0.1, 0.15) is 0 Å². The van der Waals surface area contributed by atoms with Crippen LogP contribution in [-0.2, 0) is 90.2 Å². The van der Waals surface area contributed by atoms with Crippen LogP contribution in [-0.4, -0.2) is 94.6 Å². The first kappa shape index (κ1) is 118. The monoisotopic (exact) mass is 2030 g/mol. The summed E-state index contributed by atoms with van der Waals surface area (Å²) in [7, 11) is -25.6. The number of sulfone groups is 8. The van der Waals surface area contributed by atoms with Crippen molar-refractivity contribution in [2.24, 2.45) is 0 Å². The van der Waals surface area contributed by atoms with Gasteiger partial charge in [-0.25, -0.2) is 67.3 Å². The summed E-state index contributed by atoms with van der Waals surface area (Å²) in [5, 5.41) is -0.272. The first-order valence-electron chi connectivity index (χ1n) is 47.9. The van der Waals surface area contributed by atoms with E-state index in [9.17, 15) is 67.3 Å². The summed E-state index contributed by atoms with van der Waals surface area (Å²) in [5.41, 5.74) is 22.0. The fraction of sp³-hybridized carbons (Fsp3) is 0.421. The summed E-state index contributed by atoms with van der Waals surface area (Å²) >= 11 is 0. The summed E-state index contributed by atoms with van der Waals surface area (Å²) in [6.07, 6.45) is 17.6. The van der Waals surface area contributed by atoms with Gasteiger partial charge in [0.15, 0.2) is 39.3 Å². The van der Waals surface area contributed by atoms with Crippen LogP contribution in [0.3, 0.4) is 0 Å². The predicted octanol–water partition coefficient (Wildman–Crippen LogP) is 27.1. The number of hydrogen-bond acceptors (Lipinski definition) is 16. The average molecular weight is 2030 g/mol. The topological polar surface area (TPSA) is 273 Å². The van der Waals surface area contributed by atoms with Crippen molar-refractivity contribution < 1.29 is 67.3 Å². The second-order valence-electron chi connectivity index (χ2n) is 37.9. The van der Waals surface area contributed by atoms with E-state index in [2.05, 4.69) is 6.92 Å². The van der Waals surface area contributed by atoms with Crippen molar-refractivity contribution in [3.8, 4) is 0 Å². The highest BCUT2D eigenvalue weighted by atomic mass is 32.2. The van der Waals surface area contributed by atoms with Crippen LogP contribution in [0.15, 0.2) is 250 Å². The smallest absolute Gasteiger partial charge is 0.207 e. The Bertz CT molecular complexity index is 6530. The maximum atomic E-state index is 13.1. The molecule has 13 rings (SSSR count). The molecule has 2 fully saturated rings. The zero-order chi connectivity index (χ0) is 104. The largest absolute Gasteiger partial charge is 0.228 e. The van der Waals surface area contributed by atoms with E-state index in [4.69, 9.17) is 0 Å². The molecule has 0 radical (unpaired) electrons. The van der Waals surface area contributed by atoms with E-state index in [0.717, 1.165) is 218 Å². The number of aryl methyl sites for hydroxylation is 19. The molecule has 752 valence electrons. The third-order valence-corrected chi connectivity index (χ3v) is 42.3. The van der Waals surface area contributed by atoms with Crippen LogP contribution in [0.4, 0.5) is 0 Å². The Morgan fingerprint density at radius 3 is 0.812 bits per heavy atom. The Balaban J connectivity index is 0.000000243. The maximum Gasteiger partial charge on any atom is 0.207 e. The van der Waals surface area contributed by atoms with Crippen LogP contribution in [0.2, 0.25) is 0 Å². The zero-order valence-corrected chi connectivity index (χ0v) is 93.0. The molecule has 2 saturated carbocycles. The molecule has 11 aromatic carbocycles. The lowest BCUT2D eigenvalue weighted by Gasteiger charge is -2.29. The number of benzene rings is 11. The molecule has 0 saturated heterocycles. The van der Waals surface area contributed by atoms with Crippen LogP contribution in [0, 0.1) is 145 Å². The van der Waals surface area contributed by atoms with E-state index in [1.807, 2.05) is 287 Å². The highest BCUT2D eigenvalue weighted by Crippen LogP contribution is 2.37. The molecule has 11 aromatic rings. The summed E-state index contributed by atoms with van der Waals surface area (Å²) < 4.78 is 197. The van der Waals surface area contributed by atoms with Gasteiger partial charge in [-0.15, -0.1) is 0 Å². The normalized spacial score (nSPS) is 13.7. The molecule has 0 spiro atoms. The third kappa shape index (κ3) is 33.3. The van der Waals surface area contributed by atoms with E-state index in [1.165, 1.54) is 19.1 Å². The van der Waals surface area contributed by atoms with Crippen molar-refractivity contribution in [2.45, 2.75) is 352 Å². The summed E-state index contributed by atoms with van der Waals surface area (Å²) in [4.78, 5) is 3.59. The quantitative estimate of drug-likeness (QED) is 0.0538. The highest BCUT2D eigenvalue weighted by molar-refractivity contribution is 7.93. The standard InChI is InChI=1S/2C18H22O2S.C16H18O2S.2C14H14O2S.C12H22O2S.C12H26O2S.C10H14O2S/c1-11-7-17(8-12(2)15(11)5)21(19,20)18-9-13(3)16(6)14(4)10-18;1-11-7-13(3)17(14(4)8-11)21(19,20)18-15(5)9-12(2)10-16(18)6;1-11-5-7-15(8-6-11)19(17,18)16-13(3)9-12(2)10-14(16)4;1-11-3-7-13(8-4-11)17(15,16)14-9-5-12(2)6-10-14;15-17(16,11-13-7-3-1-4-8-13)12-14-9-5-2-6-10-14;13-15(14,11-7-3-1-4-8-11)12-9-5-2-6-10-12;1-5-8-9-10-12(7-3)15(13,14)11(4)6-2;1-7-5-8(2)10(9(3)6-7)13(4,11)12/h2*7-10H,1-6H3;5-10H,1-4H3;3-10H,1-2H3;1-10H,11-12H2;11-12H,1-10H2;11-12H,5-10H2,1-4H3;5-6H,1-4H3. The lowest BCUT2D eigenvalue weighted by Crippen LogP contribution is -2.34. The van der Waals surface area contributed by atoms with Crippen molar-refractivity contribution in [1.29, 1.82) is 0 Å². The summed E-state index contributed by atoms with van der Waals surface area (Å²) in [6.45, 7) is 48.3. The Hall–Kier alpha value is -8.98. The predicted molar refractivity (Wildman–Crippen MR) is 571 cm³/mol. The molecule has 2 aliphatic rings. The minimum Gasteiger partial charge on any atom is -0.228 e. The Morgan fingerprint density at radius 2 is 0.543 bits per heavy atom. The van der Waals surface area contributed by atoms with Crippen molar-refractivity contribution in [2.75, 3.05) is 6.26 Å². The van der Waals surface area contributed by atoms with Gasteiger partial charge < -0.3 is 0 Å². The lowest BCUT2D eigenvalue weighted by atomic mass is 10.00. The summed E-state index contributed by atoms with van der Waals surface area (Å²) in [5.74, 6) is 0.200. The molecule has 138 heavy (non-hydrogen) atoms. The maximum absolute atomic E-state index is 13.1. The molecule has 0 N–H and O–H groups in total. The molecule has 16 nitrogen and oxygen atoms in total. The van der Waals surface area contributed by atoms with Gasteiger partial charge in [0.25, 0.3) is 0 Å². The molecular weight excluding hydrogens is 1880 g/mol. The molecule has 0 aromatic heterocycles. The van der Waals surface area contributed by atoms with Crippen LogP contribution < -0.4 is 0 Å². The van der Waals surface area contributed by atoms with Gasteiger partial charge in [-0.05, 0) is 347 Å². The van der Waals surface area contributed by atoms with Gasteiger partial charge in [-0.1, -0.05) is 263 Å². The van der Waals surface area contributed by atoms with E-state index >= 15 is 0 Å². The highest BCUT2D eigenvalue weighted by Gasteiger charge is 2.36. The Labute approximate surface area is 832 Å². The molecule has 0 aliphatic heterocycles. The Morgan fingerprint density at radius 1 is 0.275 bits per heavy atom. The van der Waals surface area contributed by atoms with Gasteiger partial charge in [0, 0.05) is 6.26 Å². The van der Waals surface area contributed by atoms with Crippen LogP contribution in [0.5, 0.6) is 0 Å². The zero-order valence-electron chi connectivity index (χ0n) is 86.5. The molecule has 0 bridgehead atoms. The second-order valence-corrected chi connectivity index (χ2v) is 54.7. The van der Waals surface area contributed by atoms with Crippen LogP contribution in [0.25, 0.3) is 0 Å². The van der Waals surface area contributed by atoms with Gasteiger partial charge >= 0.3 is 0 Å². The number of hydrogen-bond donors (Lipinski definition) is 0. The van der Waals surface area contributed by atoms with E-state index in [0.29, 0.717) is 44.1 Å². The minimum atomic E-state index is -3.50. The van der Waals surface area contributed by atoms with E-state index in [1.54, 1.807) is 84.9 Å². The number of unbranched alkanes of at least 4 members (excludes halogenated alkanes) is 2. The fourth-order valence-electron chi connectivity index (χ4n) is 18.0. The van der Waals surface area contributed by atoms with Gasteiger partial charge in [0.2, 0.25) is 39.3 Å². The van der Waals surface area contributed by atoms with Gasteiger partial charge in [-0.3, -0.25) is 0 Å². The van der Waals surface area contributed by atoms with Crippen LogP contribution in [0.1, 0.15) is 258 Å². The van der Waals surface area contributed by atoms with Crippen molar-refractivity contribution in [3.63, 3.8) is 0 Å². The average Bonchev–Trinajstić information content (AvgIpc) is 0.738. The molecule has 2 aliphatic carbocycles. The molecule has 2 unspecified atom stereocenters. The van der Waals surface area contributed by atoms with Gasteiger partial charge in [0.05, 0.1) is 76.6 Å². The first-order chi connectivity index (χ1) is 64.3. The van der Waals surface area contributed by atoms with E-state index in [-0.39, 0.29) is 32.5 Å². The van der Waals surface area contributed by atoms with Crippen molar-refractivity contribution >= 4 is 78.7 Å². The molecule has 0 heterocycles. The number of rotatable bonds is 23. The minimum absolute atomic E-state index is 0.00866. The fourth-order valence-corrected chi connectivity index (χ4v) is 32.1. The molecular formula is C114H152O16S8. The molecule has 0 amide bonds. The molecule has 24 heteroatoms.